The van der Waals surface area contributed by atoms with Gasteiger partial charge in [-0.1, -0.05) is 11.8 Å². The van der Waals surface area contributed by atoms with Gasteiger partial charge in [0, 0.05) is 18.5 Å². The number of methoxy groups -OCH3 is 2. The molecule has 0 saturated heterocycles. The number of amides is 1. The number of nitrogens with zero attached hydrogens (tertiary/aromatic N) is 4. The Kier molecular flexibility index (Phi) is 4.80. The molecule has 0 aliphatic rings. The summed E-state index contributed by atoms with van der Waals surface area (Å²) in [6, 6.07) is 6.95. The van der Waals surface area contributed by atoms with Crippen molar-refractivity contribution in [1.29, 1.82) is 0 Å². The number of aromatic nitrogens is 4. The van der Waals surface area contributed by atoms with Gasteiger partial charge in [0.2, 0.25) is 11.1 Å². The van der Waals surface area contributed by atoms with Crippen molar-refractivity contribution in [2.75, 3.05) is 25.3 Å². The van der Waals surface area contributed by atoms with E-state index in [1.54, 1.807) is 48.3 Å². The lowest BCUT2D eigenvalue weighted by atomic mass is 10.2. The van der Waals surface area contributed by atoms with Gasteiger partial charge >= 0.3 is 0 Å². The van der Waals surface area contributed by atoms with Crippen LogP contribution in [0.1, 0.15) is 0 Å². The molecule has 124 valence electrons. The number of thioether (sulfide) groups is 1. The largest absolute Gasteiger partial charge is 0.497 e. The molecule has 2 heterocycles. The molecule has 0 bridgehead atoms. The number of ether oxygens (including phenoxy) is 2. The number of carbonyl (C=O) groups is 1. The van der Waals surface area contributed by atoms with E-state index in [2.05, 4.69) is 20.4 Å². The molecule has 1 amide bonds. The van der Waals surface area contributed by atoms with E-state index in [-0.39, 0.29) is 11.7 Å². The zero-order valence-corrected chi connectivity index (χ0v) is 13.9. The number of anilines is 1. The zero-order valence-electron chi connectivity index (χ0n) is 13.1. The third-order valence-corrected chi connectivity index (χ3v) is 3.95. The SMILES string of the molecule is COc1ccc(NC(=O)CSc2nc3ncccn3n2)c(OC)c1. The molecule has 3 rings (SSSR count). The minimum Gasteiger partial charge on any atom is -0.497 e. The molecule has 0 aliphatic carbocycles. The molecule has 9 heteroatoms. The van der Waals surface area contributed by atoms with Crippen LogP contribution in [-0.4, -0.2) is 45.5 Å². The number of carbonyl (C=O) groups excluding carboxylic acids is 1. The maximum atomic E-state index is 12.1. The van der Waals surface area contributed by atoms with Crippen LogP contribution in [-0.2, 0) is 4.79 Å². The average Bonchev–Trinajstić information content (AvgIpc) is 3.03. The molecule has 0 fully saturated rings. The van der Waals surface area contributed by atoms with Crippen LogP contribution >= 0.6 is 11.8 Å². The summed E-state index contributed by atoms with van der Waals surface area (Å²) in [4.78, 5) is 20.4. The molecule has 0 unspecified atom stereocenters. The Morgan fingerprint density at radius 1 is 1.33 bits per heavy atom. The summed E-state index contributed by atoms with van der Waals surface area (Å²) in [6.07, 6.45) is 3.39. The smallest absolute Gasteiger partial charge is 0.253 e. The second kappa shape index (κ2) is 7.18. The van der Waals surface area contributed by atoms with Gasteiger partial charge in [0.1, 0.15) is 11.5 Å². The summed E-state index contributed by atoms with van der Waals surface area (Å²) in [5, 5.41) is 7.52. The molecule has 24 heavy (non-hydrogen) atoms. The van der Waals surface area contributed by atoms with Gasteiger partial charge in [0.05, 0.1) is 25.7 Å². The van der Waals surface area contributed by atoms with Crippen molar-refractivity contribution < 1.29 is 14.3 Å². The Morgan fingerprint density at radius 2 is 2.21 bits per heavy atom. The van der Waals surface area contributed by atoms with E-state index in [4.69, 9.17) is 9.47 Å². The summed E-state index contributed by atoms with van der Waals surface area (Å²) < 4.78 is 11.9. The van der Waals surface area contributed by atoms with Gasteiger partial charge in [-0.05, 0) is 18.2 Å². The van der Waals surface area contributed by atoms with E-state index in [9.17, 15) is 4.79 Å². The Bertz CT molecular complexity index is 834. The highest BCUT2D eigenvalue weighted by Crippen LogP contribution is 2.29. The van der Waals surface area contributed by atoms with Crippen molar-refractivity contribution in [2.45, 2.75) is 5.16 Å². The molecular weight excluding hydrogens is 330 g/mol. The van der Waals surface area contributed by atoms with Crippen molar-refractivity contribution in [1.82, 2.24) is 19.6 Å². The van der Waals surface area contributed by atoms with Crippen molar-refractivity contribution in [2.24, 2.45) is 0 Å². The minimum absolute atomic E-state index is 0.173. The van der Waals surface area contributed by atoms with Gasteiger partial charge in [-0.2, -0.15) is 4.98 Å². The maximum absolute atomic E-state index is 12.1. The lowest BCUT2D eigenvalue weighted by Gasteiger charge is -2.11. The molecule has 8 nitrogen and oxygen atoms in total. The monoisotopic (exact) mass is 345 g/mol. The Balaban J connectivity index is 1.63. The number of nitrogens with one attached hydrogen (secondary N) is 1. The van der Waals surface area contributed by atoms with Crippen molar-refractivity contribution in [3.8, 4) is 11.5 Å². The van der Waals surface area contributed by atoms with Crippen molar-refractivity contribution in [3.05, 3.63) is 36.7 Å². The van der Waals surface area contributed by atoms with E-state index in [0.717, 1.165) is 0 Å². The van der Waals surface area contributed by atoms with Crippen LogP contribution in [0.25, 0.3) is 5.78 Å². The zero-order chi connectivity index (χ0) is 16.9. The fraction of sp³-hybridized carbons (Fsp3) is 0.200. The number of benzene rings is 1. The minimum atomic E-state index is -0.185. The lowest BCUT2D eigenvalue weighted by Crippen LogP contribution is -2.14. The van der Waals surface area contributed by atoms with Crippen LogP contribution in [0.3, 0.4) is 0 Å². The fourth-order valence-electron chi connectivity index (χ4n) is 1.99. The highest BCUT2D eigenvalue weighted by molar-refractivity contribution is 7.99. The van der Waals surface area contributed by atoms with Crippen LogP contribution < -0.4 is 14.8 Å². The molecule has 3 aromatic rings. The molecule has 0 radical (unpaired) electrons. The Labute approximate surface area is 142 Å². The maximum Gasteiger partial charge on any atom is 0.253 e. The summed E-state index contributed by atoms with van der Waals surface area (Å²) in [6.45, 7) is 0. The molecule has 0 saturated carbocycles. The first-order valence-corrected chi connectivity index (χ1v) is 8.00. The Morgan fingerprint density at radius 3 is 2.96 bits per heavy atom. The molecule has 1 N–H and O–H groups in total. The standard InChI is InChI=1S/C15H15N5O3S/c1-22-10-4-5-11(12(8-10)23-2)17-13(21)9-24-15-18-14-16-6-3-7-20(14)19-15/h3-8H,9H2,1-2H3,(H,17,21). The lowest BCUT2D eigenvalue weighted by molar-refractivity contribution is -0.113. The van der Waals surface area contributed by atoms with Gasteiger partial charge in [-0.25, -0.2) is 9.50 Å². The summed E-state index contributed by atoms with van der Waals surface area (Å²) in [7, 11) is 3.10. The van der Waals surface area contributed by atoms with E-state index in [0.29, 0.717) is 28.1 Å². The molecule has 2 aromatic heterocycles. The van der Waals surface area contributed by atoms with Crippen LogP contribution in [0, 0.1) is 0 Å². The van der Waals surface area contributed by atoms with Crippen molar-refractivity contribution >= 4 is 29.1 Å². The first kappa shape index (κ1) is 16.1. The van der Waals surface area contributed by atoms with Crippen LogP contribution in [0.4, 0.5) is 5.69 Å². The first-order chi connectivity index (χ1) is 11.7. The molecule has 0 aliphatic heterocycles. The van der Waals surface area contributed by atoms with Gasteiger partial charge in [0.25, 0.3) is 5.78 Å². The number of hydrogen-bond acceptors (Lipinski definition) is 7. The van der Waals surface area contributed by atoms with Crippen LogP contribution in [0.5, 0.6) is 11.5 Å². The van der Waals surface area contributed by atoms with E-state index < -0.39 is 0 Å². The van der Waals surface area contributed by atoms with Crippen molar-refractivity contribution in [3.63, 3.8) is 0 Å². The van der Waals surface area contributed by atoms with Crippen LogP contribution in [0.15, 0.2) is 41.8 Å². The highest BCUT2D eigenvalue weighted by Gasteiger charge is 2.11. The summed E-state index contributed by atoms with van der Waals surface area (Å²) in [5.74, 6) is 1.67. The van der Waals surface area contributed by atoms with E-state index in [1.807, 2.05) is 0 Å². The summed E-state index contributed by atoms with van der Waals surface area (Å²) in [5.41, 5.74) is 0.577. The molecule has 0 spiro atoms. The predicted octanol–water partition coefficient (Wildman–Crippen LogP) is 1.87. The third kappa shape index (κ3) is 3.57. The third-order valence-electron chi connectivity index (χ3n) is 3.11. The molecule has 1 aromatic carbocycles. The summed E-state index contributed by atoms with van der Waals surface area (Å²) >= 11 is 1.23. The predicted molar refractivity (Wildman–Crippen MR) is 89.7 cm³/mol. The Hall–Kier alpha value is -2.81. The molecule has 0 atom stereocenters. The first-order valence-electron chi connectivity index (χ1n) is 7.01. The topological polar surface area (TPSA) is 90.6 Å². The van der Waals surface area contributed by atoms with Gasteiger partial charge in [-0.3, -0.25) is 4.79 Å². The van der Waals surface area contributed by atoms with Gasteiger partial charge in [0.15, 0.2) is 0 Å². The van der Waals surface area contributed by atoms with E-state index in [1.165, 1.54) is 18.9 Å². The number of rotatable bonds is 6. The van der Waals surface area contributed by atoms with E-state index >= 15 is 0 Å². The number of hydrogen-bond donors (Lipinski definition) is 1. The second-order valence-corrected chi connectivity index (χ2v) is 5.60. The molecular formula is C15H15N5O3S. The second-order valence-electron chi connectivity index (χ2n) is 4.66. The van der Waals surface area contributed by atoms with Gasteiger partial charge < -0.3 is 14.8 Å². The van der Waals surface area contributed by atoms with Gasteiger partial charge in [-0.15, -0.1) is 5.10 Å². The normalized spacial score (nSPS) is 10.6. The quantitative estimate of drug-likeness (QED) is 0.682. The fourth-order valence-corrected chi connectivity index (χ4v) is 2.62. The average molecular weight is 345 g/mol. The van der Waals surface area contributed by atoms with Crippen LogP contribution in [0.2, 0.25) is 0 Å². The number of fused-ring (bicyclic) bond motifs is 1. The highest BCUT2D eigenvalue weighted by atomic mass is 32.2.